The summed E-state index contributed by atoms with van der Waals surface area (Å²) < 4.78 is 6.53. The Balaban J connectivity index is 2.04. The van der Waals surface area contributed by atoms with E-state index in [1.807, 2.05) is 18.2 Å². The van der Waals surface area contributed by atoms with E-state index in [0.717, 1.165) is 28.9 Å². The SMILES string of the molecule is NCCCc1coc(Cc2ccccc2Br)n1. The zero-order valence-electron chi connectivity index (χ0n) is 9.53. The fourth-order valence-electron chi connectivity index (χ4n) is 1.63. The fourth-order valence-corrected chi connectivity index (χ4v) is 2.06. The monoisotopic (exact) mass is 294 g/mol. The van der Waals surface area contributed by atoms with Gasteiger partial charge in [0.15, 0.2) is 5.89 Å². The molecule has 1 aromatic carbocycles. The number of benzene rings is 1. The van der Waals surface area contributed by atoms with Gasteiger partial charge in [-0.05, 0) is 31.0 Å². The molecule has 17 heavy (non-hydrogen) atoms. The molecule has 90 valence electrons. The summed E-state index contributed by atoms with van der Waals surface area (Å²) in [4.78, 5) is 4.44. The summed E-state index contributed by atoms with van der Waals surface area (Å²) >= 11 is 3.52. The van der Waals surface area contributed by atoms with Crippen molar-refractivity contribution in [2.75, 3.05) is 6.54 Å². The molecule has 0 aliphatic rings. The van der Waals surface area contributed by atoms with Gasteiger partial charge in [0.05, 0.1) is 12.1 Å². The average Bonchev–Trinajstić information content (AvgIpc) is 2.77. The lowest BCUT2D eigenvalue weighted by Crippen LogP contribution is -2.00. The van der Waals surface area contributed by atoms with Crippen molar-refractivity contribution in [2.24, 2.45) is 5.73 Å². The summed E-state index contributed by atoms with van der Waals surface area (Å²) in [6.07, 6.45) is 4.27. The Morgan fingerprint density at radius 1 is 1.29 bits per heavy atom. The van der Waals surface area contributed by atoms with Gasteiger partial charge >= 0.3 is 0 Å². The van der Waals surface area contributed by atoms with Gasteiger partial charge in [-0.15, -0.1) is 0 Å². The number of oxazole rings is 1. The summed E-state index contributed by atoms with van der Waals surface area (Å²) in [7, 11) is 0. The summed E-state index contributed by atoms with van der Waals surface area (Å²) in [5, 5.41) is 0. The van der Waals surface area contributed by atoms with Crippen molar-refractivity contribution in [3.63, 3.8) is 0 Å². The molecule has 0 bridgehead atoms. The number of halogens is 1. The first-order valence-corrected chi connectivity index (χ1v) is 6.45. The molecule has 0 amide bonds. The summed E-state index contributed by atoms with van der Waals surface area (Å²) in [5.74, 6) is 0.754. The Bertz CT molecular complexity index is 482. The molecular formula is C13H15BrN2O. The Morgan fingerprint density at radius 3 is 2.88 bits per heavy atom. The Hall–Kier alpha value is -1.13. The van der Waals surface area contributed by atoms with Gasteiger partial charge in [-0.2, -0.15) is 0 Å². The van der Waals surface area contributed by atoms with Crippen molar-refractivity contribution < 1.29 is 4.42 Å². The number of aryl methyl sites for hydroxylation is 1. The van der Waals surface area contributed by atoms with E-state index in [9.17, 15) is 0 Å². The minimum Gasteiger partial charge on any atom is -0.448 e. The van der Waals surface area contributed by atoms with Crippen LogP contribution in [0.15, 0.2) is 39.4 Å². The molecule has 1 aromatic heterocycles. The van der Waals surface area contributed by atoms with Gasteiger partial charge in [0, 0.05) is 4.47 Å². The number of aromatic nitrogens is 1. The molecule has 3 nitrogen and oxygen atoms in total. The van der Waals surface area contributed by atoms with Crippen LogP contribution in [0.1, 0.15) is 23.6 Å². The standard InChI is InChI=1S/C13H15BrN2O/c14-12-6-2-1-4-10(12)8-13-16-11(9-17-13)5-3-7-15/h1-2,4,6,9H,3,5,7-8,15H2. The zero-order chi connectivity index (χ0) is 12.1. The van der Waals surface area contributed by atoms with Crippen LogP contribution in [0.25, 0.3) is 0 Å². The topological polar surface area (TPSA) is 52.0 Å². The molecule has 4 heteroatoms. The second-order valence-corrected chi connectivity index (χ2v) is 4.75. The van der Waals surface area contributed by atoms with Gasteiger partial charge in [-0.3, -0.25) is 0 Å². The number of hydrogen-bond donors (Lipinski definition) is 1. The molecule has 0 spiro atoms. The molecule has 0 aliphatic heterocycles. The van der Waals surface area contributed by atoms with E-state index < -0.39 is 0 Å². The fraction of sp³-hybridized carbons (Fsp3) is 0.308. The maximum atomic E-state index is 5.46. The Morgan fingerprint density at radius 2 is 2.12 bits per heavy atom. The van der Waals surface area contributed by atoms with E-state index in [2.05, 4.69) is 27.0 Å². The molecule has 2 aromatic rings. The molecule has 0 aliphatic carbocycles. The lowest BCUT2D eigenvalue weighted by molar-refractivity contribution is 0.506. The first-order valence-electron chi connectivity index (χ1n) is 5.66. The third-order valence-electron chi connectivity index (χ3n) is 2.54. The predicted molar refractivity (Wildman–Crippen MR) is 70.8 cm³/mol. The van der Waals surface area contributed by atoms with Crippen LogP contribution in [-0.4, -0.2) is 11.5 Å². The van der Waals surface area contributed by atoms with Gasteiger partial charge in [0.1, 0.15) is 6.26 Å². The second kappa shape index (κ2) is 5.98. The zero-order valence-corrected chi connectivity index (χ0v) is 11.1. The van der Waals surface area contributed by atoms with Crippen molar-refractivity contribution in [3.8, 4) is 0 Å². The van der Waals surface area contributed by atoms with E-state index in [4.69, 9.17) is 10.2 Å². The number of nitrogens with two attached hydrogens (primary N) is 1. The first kappa shape index (κ1) is 12.3. The quantitative estimate of drug-likeness (QED) is 0.922. The second-order valence-electron chi connectivity index (χ2n) is 3.89. The van der Waals surface area contributed by atoms with E-state index in [1.165, 1.54) is 5.56 Å². The van der Waals surface area contributed by atoms with Crippen LogP contribution in [0.3, 0.4) is 0 Å². The van der Waals surface area contributed by atoms with Gasteiger partial charge < -0.3 is 10.2 Å². The molecule has 0 radical (unpaired) electrons. The van der Waals surface area contributed by atoms with Crippen molar-refractivity contribution in [1.29, 1.82) is 0 Å². The molecule has 0 unspecified atom stereocenters. The molecule has 2 N–H and O–H groups in total. The van der Waals surface area contributed by atoms with Crippen molar-refractivity contribution in [1.82, 2.24) is 4.98 Å². The Kier molecular flexibility index (Phi) is 4.34. The lowest BCUT2D eigenvalue weighted by atomic mass is 10.1. The van der Waals surface area contributed by atoms with Crippen LogP contribution in [0.2, 0.25) is 0 Å². The van der Waals surface area contributed by atoms with E-state index in [0.29, 0.717) is 13.0 Å². The third kappa shape index (κ3) is 3.41. The molecule has 2 rings (SSSR count). The van der Waals surface area contributed by atoms with E-state index >= 15 is 0 Å². The van der Waals surface area contributed by atoms with Gasteiger partial charge in [-0.1, -0.05) is 34.1 Å². The van der Waals surface area contributed by atoms with E-state index in [1.54, 1.807) is 6.26 Å². The highest BCUT2D eigenvalue weighted by Gasteiger charge is 2.06. The van der Waals surface area contributed by atoms with Crippen molar-refractivity contribution in [3.05, 3.63) is 52.1 Å². The average molecular weight is 295 g/mol. The molecule has 0 saturated heterocycles. The predicted octanol–water partition coefficient (Wildman–Crippen LogP) is 2.92. The normalized spacial score (nSPS) is 10.7. The van der Waals surface area contributed by atoms with Gasteiger partial charge in [0.25, 0.3) is 0 Å². The summed E-state index contributed by atoms with van der Waals surface area (Å²) in [6, 6.07) is 8.09. The van der Waals surface area contributed by atoms with Crippen molar-refractivity contribution >= 4 is 15.9 Å². The highest BCUT2D eigenvalue weighted by molar-refractivity contribution is 9.10. The number of nitrogens with zero attached hydrogens (tertiary/aromatic N) is 1. The van der Waals surface area contributed by atoms with Gasteiger partial charge in [-0.25, -0.2) is 4.98 Å². The lowest BCUT2D eigenvalue weighted by Gasteiger charge is -1.99. The van der Waals surface area contributed by atoms with Crippen LogP contribution >= 0.6 is 15.9 Å². The molecule has 0 saturated carbocycles. The number of rotatable bonds is 5. The minimum atomic E-state index is 0.687. The molecular weight excluding hydrogens is 280 g/mol. The summed E-state index contributed by atoms with van der Waals surface area (Å²) in [5.41, 5.74) is 7.63. The molecule has 1 heterocycles. The summed E-state index contributed by atoms with van der Waals surface area (Å²) in [6.45, 7) is 0.687. The highest BCUT2D eigenvalue weighted by atomic mass is 79.9. The largest absolute Gasteiger partial charge is 0.448 e. The molecule has 0 atom stereocenters. The minimum absolute atomic E-state index is 0.687. The first-order chi connectivity index (χ1) is 8.29. The third-order valence-corrected chi connectivity index (χ3v) is 3.31. The maximum Gasteiger partial charge on any atom is 0.198 e. The maximum absolute atomic E-state index is 5.46. The molecule has 0 fully saturated rings. The van der Waals surface area contributed by atoms with Crippen LogP contribution in [0.5, 0.6) is 0 Å². The van der Waals surface area contributed by atoms with Crippen LogP contribution < -0.4 is 5.73 Å². The van der Waals surface area contributed by atoms with Crippen LogP contribution in [0.4, 0.5) is 0 Å². The Labute approximate surface area is 109 Å². The highest BCUT2D eigenvalue weighted by Crippen LogP contribution is 2.19. The van der Waals surface area contributed by atoms with Crippen LogP contribution in [0, 0.1) is 0 Å². The van der Waals surface area contributed by atoms with Crippen LogP contribution in [-0.2, 0) is 12.8 Å². The number of hydrogen-bond acceptors (Lipinski definition) is 3. The van der Waals surface area contributed by atoms with E-state index in [-0.39, 0.29) is 0 Å². The smallest absolute Gasteiger partial charge is 0.198 e. The van der Waals surface area contributed by atoms with Crippen molar-refractivity contribution in [2.45, 2.75) is 19.3 Å². The van der Waals surface area contributed by atoms with Gasteiger partial charge in [0.2, 0.25) is 0 Å².